The maximum absolute atomic E-state index is 14.3. The van der Waals surface area contributed by atoms with Crippen molar-refractivity contribution < 1.29 is 14.2 Å². The molecule has 0 aliphatic heterocycles. The molecule has 1 unspecified atom stereocenters. The minimum Gasteiger partial charge on any atom is -0.504 e. The van der Waals surface area contributed by atoms with Crippen molar-refractivity contribution >= 4 is 0 Å². The second kappa shape index (κ2) is 3.88. The first-order valence-corrected chi connectivity index (χ1v) is 5.76. The van der Waals surface area contributed by atoms with Crippen LogP contribution >= 0.6 is 0 Å². The minimum absolute atomic E-state index is 0.0769. The fourth-order valence-electron chi connectivity index (χ4n) is 2.41. The molecule has 0 radical (unpaired) electrons. The fourth-order valence-corrected chi connectivity index (χ4v) is 2.41. The van der Waals surface area contributed by atoms with E-state index >= 15 is 0 Å². The molecule has 1 saturated carbocycles. The molecule has 4 heteroatoms. The first-order valence-electron chi connectivity index (χ1n) is 5.76. The lowest BCUT2D eigenvalue weighted by molar-refractivity contribution is 0.344. The highest BCUT2D eigenvalue weighted by molar-refractivity contribution is 5.52. The summed E-state index contributed by atoms with van der Waals surface area (Å²) >= 11 is 0. The van der Waals surface area contributed by atoms with Gasteiger partial charge in [0.05, 0.1) is 7.11 Å². The van der Waals surface area contributed by atoms with Gasteiger partial charge in [-0.2, -0.15) is 0 Å². The number of nitrogens with two attached hydrogens (primary N) is 1. The monoisotopic (exact) mass is 239 g/mol. The average Bonchev–Trinajstić information content (AvgIpc) is 3.05. The summed E-state index contributed by atoms with van der Waals surface area (Å²) in [4.78, 5) is 0. The molecule has 0 spiro atoms. The molecule has 1 aliphatic rings. The van der Waals surface area contributed by atoms with Crippen molar-refractivity contribution in [3.63, 3.8) is 0 Å². The highest BCUT2D eigenvalue weighted by atomic mass is 19.1. The van der Waals surface area contributed by atoms with Crippen molar-refractivity contribution in [2.75, 3.05) is 7.11 Å². The van der Waals surface area contributed by atoms with Gasteiger partial charge in [-0.15, -0.1) is 0 Å². The van der Waals surface area contributed by atoms with Gasteiger partial charge in [0.25, 0.3) is 0 Å². The van der Waals surface area contributed by atoms with E-state index in [2.05, 4.69) is 0 Å². The maximum atomic E-state index is 14.3. The van der Waals surface area contributed by atoms with E-state index in [1.807, 2.05) is 6.92 Å². The van der Waals surface area contributed by atoms with E-state index in [1.165, 1.54) is 7.11 Å². The second-order valence-electron chi connectivity index (χ2n) is 4.88. The van der Waals surface area contributed by atoms with Gasteiger partial charge in [-0.1, -0.05) is 0 Å². The summed E-state index contributed by atoms with van der Waals surface area (Å²) in [6.07, 6.45) is 1.77. The summed E-state index contributed by atoms with van der Waals surface area (Å²) in [5, 5.41) is 9.73. The molecule has 3 N–H and O–H groups in total. The molecule has 1 fully saturated rings. The molecule has 94 valence electrons. The van der Waals surface area contributed by atoms with E-state index in [0.29, 0.717) is 11.1 Å². The molecular weight excluding hydrogens is 221 g/mol. The van der Waals surface area contributed by atoms with E-state index in [0.717, 1.165) is 12.8 Å². The number of ether oxygens (including phenoxy) is 1. The minimum atomic E-state index is -0.481. The number of aryl methyl sites for hydroxylation is 1. The normalized spacial score (nSPS) is 18.9. The average molecular weight is 239 g/mol. The van der Waals surface area contributed by atoms with Crippen LogP contribution in [0, 0.1) is 12.7 Å². The van der Waals surface area contributed by atoms with Crippen molar-refractivity contribution in [2.45, 2.75) is 38.1 Å². The molecule has 0 bridgehead atoms. The Bertz CT molecular complexity index is 453. The van der Waals surface area contributed by atoms with Crippen LogP contribution in [0.5, 0.6) is 11.5 Å². The Morgan fingerprint density at radius 2 is 2.12 bits per heavy atom. The summed E-state index contributed by atoms with van der Waals surface area (Å²) in [7, 11) is 1.35. The van der Waals surface area contributed by atoms with E-state index in [4.69, 9.17) is 10.5 Å². The molecule has 3 nitrogen and oxygen atoms in total. The van der Waals surface area contributed by atoms with Crippen molar-refractivity contribution in [2.24, 2.45) is 5.73 Å². The number of halogens is 1. The van der Waals surface area contributed by atoms with Gasteiger partial charge in [-0.3, -0.25) is 0 Å². The third-order valence-corrected chi connectivity index (χ3v) is 3.79. The predicted octanol–water partition coefficient (Wildman–Crippen LogP) is 2.23. The SMILES string of the molecule is COc1c(O)c(C)cc(C2(C(C)N)CC2)c1F. The zero-order valence-electron chi connectivity index (χ0n) is 10.4. The number of methoxy groups -OCH3 is 1. The molecule has 0 heterocycles. The highest BCUT2D eigenvalue weighted by Crippen LogP contribution is 2.53. The largest absolute Gasteiger partial charge is 0.504 e. The van der Waals surface area contributed by atoms with Gasteiger partial charge in [-0.25, -0.2) is 4.39 Å². The van der Waals surface area contributed by atoms with Gasteiger partial charge in [0.2, 0.25) is 0 Å². The van der Waals surface area contributed by atoms with Crippen LogP contribution in [0.4, 0.5) is 4.39 Å². The van der Waals surface area contributed by atoms with Gasteiger partial charge in [0.15, 0.2) is 17.3 Å². The number of aromatic hydroxyl groups is 1. The lowest BCUT2D eigenvalue weighted by Gasteiger charge is -2.22. The molecule has 1 aromatic rings. The van der Waals surface area contributed by atoms with E-state index < -0.39 is 5.82 Å². The third-order valence-electron chi connectivity index (χ3n) is 3.79. The number of benzene rings is 1. The maximum Gasteiger partial charge on any atom is 0.197 e. The highest BCUT2D eigenvalue weighted by Gasteiger charge is 2.49. The van der Waals surface area contributed by atoms with Crippen molar-refractivity contribution in [1.82, 2.24) is 0 Å². The smallest absolute Gasteiger partial charge is 0.197 e. The summed E-state index contributed by atoms with van der Waals surface area (Å²) in [6.45, 7) is 3.62. The Hall–Kier alpha value is -1.29. The number of hydrogen-bond acceptors (Lipinski definition) is 3. The van der Waals surface area contributed by atoms with Crippen LogP contribution in [-0.2, 0) is 5.41 Å². The van der Waals surface area contributed by atoms with Crippen LogP contribution in [0.3, 0.4) is 0 Å². The first kappa shape index (κ1) is 12.2. The fraction of sp³-hybridized carbons (Fsp3) is 0.538. The van der Waals surface area contributed by atoms with Crippen LogP contribution in [-0.4, -0.2) is 18.3 Å². The van der Waals surface area contributed by atoms with Crippen molar-refractivity contribution in [3.05, 3.63) is 23.0 Å². The Labute approximate surface area is 100 Å². The van der Waals surface area contributed by atoms with Gasteiger partial charge in [0.1, 0.15) is 0 Å². The lowest BCUT2D eigenvalue weighted by atomic mass is 9.87. The van der Waals surface area contributed by atoms with E-state index in [1.54, 1.807) is 13.0 Å². The second-order valence-corrected chi connectivity index (χ2v) is 4.88. The third kappa shape index (κ3) is 1.67. The predicted molar refractivity (Wildman–Crippen MR) is 63.9 cm³/mol. The topological polar surface area (TPSA) is 55.5 Å². The first-order chi connectivity index (χ1) is 7.94. The molecule has 1 aliphatic carbocycles. The van der Waals surface area contributed by atoms with E-state index in [-0.39, 0.29) is 23.0 Å². The molecule has 0 amide bonds. The number of hydrogen-bond donors (Lipinski definition) is 2. The number of rotatable bonds is 3. The zero-order chi connectivity index (χ0) is 12.8. The zero-order valence-corrected chi connectivity index (χ0v) is 10.4. The lowest BCUT2D eigenvalue weighted by Crippen LogP contribution is -2.32. The number of phenols is 1. The molecule has 0 saturated heterocycles. The molecule has 17 heavy (non-hydrogen) atoms. The standard InChI is InChI=1S/C13H18FNO2/c1-7-6-9(13(4-5-13)8(2)15)10(14)12(17-3)11(7)16/h6,8,16H,4-5,15H2,1-3H3. The summed E-state index contributed by atoms with van der Waals surface area (Å²) in [5.74, 6) is -0.688. The van der Waals surface area contributed by atoms with Gasteiger partial charge in [-0.05, 0) is 43.9 Å². The Morgan fingerprint density at radius 3 is 2.53 bits per heavy atom. The molecule has 1 aromatic carbocycles. The molecular formula is C13H18FNO2. The quantitative estimate of drug-likeness (QED) is 0.850. The van der Waals surface area contributed by atoms with Crippen molar-refractivity contribution in [1.29, 1.82) is 0 Å². The summed E-state index contributed by atoms with van der Waals surface area (Å²) < 4.78 is 19.2. The Balaban J connectivity index is 2.60. The molecule has 0 aromatic heterocycles. The van der Waals surface area contributed by atoms with Crippen LogP contribution in [0.15, 0.2) is 6.07 Å². The van der Waals surface area contributed by atoms with Crippen molar-refractivity contribution in [3.8, 4) is 11.5 Å². The molecule has 1 atom stereocenters. The van der Waals surface area contributed by atoms with Gasteiger partial charge < -0.3 is 15.6 Å². The van der Waals surface area contributed by atoms with Crippen LogP contribution in [0.25, 0.3) is 0 Å². The van der Waals surface area contributed by atoms with Crippen LogP contribution in [0.2, 0.25) is 0 Å². The van der Waals surface area contributed by atoms with Crippen LogP contribution < -0.4 is 10.5 Å². The van der Waals surface area contributed by atoms with Gasteiger partial charge >= 0.3 is 0 Å². The Kier molecular flexibility index (Phi) is 2.78. The van der Waals surface area contributed by atoms with Crippen LogP contribution in [0.1, 0.15) is 30.9 Å². The van der Waals surface area contributed by atoms with Gasteiger partial charge in [0, 0.05) is 11.5 Å². The van der Waals surface area contributed by atoms with E-state index in [9.17, 15) is 9.50 Å². The Morgan fingerprint density at radius 1 is 1.53 bits per heavy atom. The molecule has 2 rings (SSSR count). The number of phenolic OH excluding ortho intramolecular Hbond substituents is 1. The summed E-state index contributed by atoms with van der Waals surface area (Å²) in [6, 6.07) is 1.58. The summed E-state index contributed by atoms with van der Waals surface area (Å²) in [5.41, 5.74) is 6.85.